The van der Waals surface area contributed by atoms with Gasteiger partial charge in [-0.1, -0.05) is 13.2 Å². The summed E-state index contributed by atoms with van der Waals surface area (Å²) >= 11 is 0. The van der Waals surface area contributed by atoms with E-state index in [1.165, 1.54) is 0 Å². The van der Waals surface area contributed by atoms with Crippen molar-refractivity contribution in [1.82, 2.24) is 15.1 Å². The fourth-order valence-corrected chi connectivity index (χ4v) is 6.07. The van der Waals surface area contributed by atoms with Crippen LogP contribution in [0.15, 0.2) is 24.3 Å². The van der Waals surface area contributed by atoms with Gasteiger partial charge in [-0.05, 0) is 12.8 Å². The Balaban J connectivity index is 0.000000720. The minimum atomic E-state index is -6.93. The van der Waals surface area contributed by atoms with Gasteiger partial charge in [-0.3, -0.25) is 9.59 Å². The molecule has 0 aliphatic carbocycles. The highest BCUT2D eigenvalue weighted by atomic mass is 32.2. The lowest BCUT2D eigenvalue weighted by molar-refractivity contribution is -0.352. The molecule has 0 aromatic rings. The Bertz CT molecular complexity index is 2040. The Morgan fingerprint density at radius 2 is 0.819 bits per heavy atom. The summed E-state index contributed by atoms with van der Waals surface area (Å²) in [6.45, 7) is -2.37. The summed E-state index contributed by atoms with van der Waals surface area (Å²) in [6.07, 6.45) is -31.4. The largest absolute Gasteiger partial charge is 0.743 e. The van der Waals surface area contributed by atoms with Crippen molar-refractivity contribution in [2.75, 3.05) is 65.7 Å². The summed E-state index contributed by atoms with van der Waals surface area (Å²) in [7, 11) is -13.9. The quantitative estimate of drug-likeness (QED) is 0.0447. The van der Waals surface area contributed by atoms with E-state index in [0.29, 0.717) is 9.80 Å². The second-order valence-corrected chi connectivity index (χ2v) is 17.0. The van der Waals surface area contributed by atoms with Crippen LogP contribution in [-0.2, 0) is 63.1 Å². The van der Waals surface area contributed by atoms with Crippen LogP contribution in [0.25, 0.3) is 0 Å². The van der Waals surface area contributed by atoms with E-state index in [9.17, 15) is 133 Å². The van der Waals surface area contributed by atoms with Crippen LogP contribution in [0.4, 0.5) is 87.8 Å². The number of hydrogen-bond donors (Lipinski definition) is 1. The Morgan fingerprint density at radius 1 is 0.528 bits per heavy atom. The van der Waals surface area contributed by atoms with Crippen LogP contribution in [0.1, 0.15) is 25.7 Å². The van der Waals surface area contributed by atoms with Gasteiger partial charge in [-0.15, -0.1) is 0 Å². The molecule has 18 nitrogen and oxygen atoms in total. The number of alkyl halides is 20. The lowest BCUT2D eigenvalue weighted by Crippen LogP contribution is -2.64. The van der Waals surface area contributed by atoms with Crippen LogP contribution in [0.3, 0.4) is 0 Å². The SMILES string of the molecule is C=C(C(=O)OC(OCCCC(F)(F)C(F)(F)S(=O)(=O)[O-])(C(=O)N1CCNCC1)C(F)(F)F)C(F)(F)F.C=C(C(=O)OC(OCCCC(F)(F)C(F)(F)S(=O)(=O)[O-])(C(=O)N1CCOCC1)C(F)(F)F)C(F)(F)F. The van der Waals surface area contributed by atoms with Crippen LogP contribution in [0, 0.1) is 0 Å². The molecule has 420 valence electrons. The Kier molecular flexibility index (Phi) is 21.0. The molecule has 0 bridgehead atoms. The van der Waals surface area contributed by atoms with Gasteiger partial charge >= 0.3 is 82.4 Å². The van der Waals surface area contributed by atoms with E-state index in [-0.39, 0.29) is 26.3 Å². The fraction of sp³-hybridized carbons (Fsp3) is 0.750. The lowest BCUT2D eigenvalue weighted by atomic mass is 10.1. The maximum absolute atomic E-state index is 13.9. The van der Waals surface area contributed by atoms with Crippen molar-refractivity contribution in [3.8, 4) is 0 Å². The summed E-state index contributed by atoms with van der Waals surface area (Å²) in [4.78, 5) is 49.4. The number of halogens is 20. The Hall–Kier alpha value is -4.38. The molecule has 40 heteroatoms. The minimum Gasteiger partial charge on any atom is -0.743 e. The van der Waals surface area contributed by atoms with E-state index in [4.69, 9.17) is 4.74 Å². The molecule has 1 N–H and O–H groups in total. The highest BCUT2D eigenvalue weighted by molar-refractivity contribution is 7.87. The van der Waals surface area contributed by atoms with E-state index in [2.05, 4.69) is 37.4 Å². The molecule has 2 aliphatic heterocycles. The summed E-state index contributed by atoms with van der Waals surface area (Å²) in [5.41, 5.74) is -5.01. The standard InChI is InChI=1S/C16H18F10N2O7S.C16H17F10NO8S/c1-9(14(19,20)21)10(29)35-13(15(22,23)24,11(30)28-6-4-27-5-7-28)34-8-2-3-12(17,18)16(25,26)36(31,32)33;1-9(14(19,20)21)10(28)35-13(15(22,23)24,11(29)27-4-7-33-8-5-27)34-6-2-3-12(17,18)16(25,26)36(30,31)32/h27H,1-8H2,(H,31,32,33);1-8H2,(H,30,31,32)/p-2. The number of nitrogens with zero attached hydrogens (tertiary/aromatic N) is 2. The molecule has 2 saturated heterocycles. The first-order valence-corrected chi connectivity index (χ1v) is 21.5. The van der Waals surface area contributed by atoms with Gasteiger partial charge in [-0.25, -0.2) is 26.4 Å². The molecule has 2 fully saturated rings. The van der Waals surface area contributed by atoms with Gasteiger partial charge in [0, 0.05) is 52.1 Å². The van der Waals surface area contributed by atoms with E-state index in [1.807, 2.05) is 0 Å². The van der Waals surface area contributed by atoms with Gasteiger partial charge in [0.2, 0.25) is 0 Å². The summed E-state index contributed by atoms with van der Waals surface area (Å²) in [5, 5.41) is -9.76. The Morgan fingerprint density at radius 3 is 1.08 bits per heavy atom. The zero-order valence-electron chi connectivity index (χ0n) is 35.2. The zero-order chi connectivity index (χ0) is 56.8. The first kappa shape index (κ1) is 65.6. The second-order valence-electron chi connectivity index (χ2n) is 14.2. The van der Waals surface area contributed by atoms with Crippen LogP contribution in [-0.4, -0.2) is 184 Å². The van der Waals surface area contributed by atoms with Crippen LogP contribution in [0.5, 0.6) is 0 Å². The molecular formula is C32H33F20N3O15S2-2. The predicted octanol–water partition coefficient (Wildman–Crippen LogP) is 4.24. The molecule has 2 amide bonds. The normalized spacial score (nSPS) is 17.9. The number of nitrogens with one attached hydrogen (secondary N) is 1. The van der Waals surface area contributed by atoms with Crippen molar-refractivity contribution in [3.05, 3.63) is 24.3 Å². The number of hydrogen-bond acceptors (Lipinski definition) is 16. The lowest BCUT2D eigenvalue weighted by Gasteiger charge is -2.38. The topological polar surface area (TPSA) is 247 Å². The number of amides is 2. The third-order valence-electron chi connectivity index (χ3n) is 9.02. The van der Waals surface area contributed by atoms with Gasteiger partial charge < -0.3 is 47.9 Å². The highest BCUT2D eigenvalue weighted by Gasteiger charge is 2.70. The first-order valence-electron chi connectivity index (χ1n) is 18.7. The smallest absolute Gasteiger partial charge is 0.466 e. The van der Waals surface area contributed by atoms with Crippen molar-refractivity contribution >= 4 is 44.0 Å². The third kappa shape index (κ3) is 15.3. The molecule has 2 heterocycles. The van der Waals surface area contributed by atoms with E-state index >= 15 is 0 Å². The van der Waals surface area contributed by atoms with Gasteiger partial charge in [0.15, 0.2) is 20.2 Å². The first-order chi connectivity index (χ1) is 32.0. The monoisotopic (exact) mass is 1140 g/mol. The molecule has 0 saturated carbocycles. The molecule has 2 aliphatic rings. The van der Waals surface area contributed by atoms with Gasteiger partial charge in [-0.2, -0.15) is 87.8 Å². The number of ether oxygens (including phenoxy) is 5. The third-order valence-corrected chi connectivity index (χ3v) is 10.9. The summed E-state index contributed by atoms with van der Waals surface area (Å²) < 4.78 is 350. The number of morpholine rings is 1. The molecule has 0 radical (unpaired) electrons. The fourth-order valence-electron chi connectivity index (χ4n) is 5.13. The van der Waals surface area contributed by atoms with Gasteiger partial charge in [0.05, 0.1) is 26.4 Å². The summed E-state index contributed by atoms with van der Waals surface area (Å²) in [6, 6.07) is 0. The maximum Gasteiger partial charge on any atom is 0.466 e. The summed E-state index contributed by atoms with van der Waals surface area (Å²) in [5.74, 6) is -31.2. The minimum absolute atomic E-state index is 0.117. The number of piperazine rings is 1. The number of rotatable bonds is 20. The maximum atomic E-state index is 13.9. The van der Waals surface area contributed by atoms with E-state index in [0.717, 1.165) is 0 Å². The second kappa shape index (κ2) is 23.0. The Labute approximate surface area is 390 Å². The van der Waals surface area contributed by atoms with Crippen molar-refractivity contribution < 1.29 is 157 Å². The average Bonchev–Trinajstić information content (AvgIpc) is 3.22. The number of esters is 2. The molecule has 2 atom stereocenters. The van der Waals surface area contributed by atoms with Crippen LogP contribution in [0.2, 0.25) is 0 Å². The average molecular weight is 1140 g/mol. The van der Waals surface area contributed by atoms with Crippen molar-refractivity contribution in [1.29, 1.82) is 0 Å². The van der Waals surface area contributed by atoms with Crippen molar-refractivity contribution in [2.24, 2.45) is 0 Å². The zero-order valence-corrected chi connectivity index (χ0v) is 36.8. The molecule has 0 aromatic carbocycles. The highest BCUT2D eigenvalue weighted by Crippen LogP contribution is 2.45. The molecule has 2 rings (SSSR count). The molecule has 2 unspecified atom stereocenters. The van der Waals surface area contributed by atoms with Gasteiger partial charge in [0.25, 0.3) is 0 Å². The molecule has 72 heavy (non-hydrogen) atoms. The van der Waals surface area contributed by atoms with Crippen LogP contribution < -0.4 is 5.32 Å². The van der Waals surface area contributed by atoms with E-state index in [1.54, 1.807) is 0 Å². The van der Waals surface area contributed by atoms with Crippen molar-refractivity contribution in [3.63, 3.8) is 0 Å². The molecule has 0 spiro atoms. The van der Waals surface area contributed by atoms with Crippen molar-refractivity contribution in [2.45, 2.75) is 84.3 Å². The molecule has 0 aromatic heterocycles. The van der Waals surface area contributed by atoms with E-state index < -0.39 is 179 Å². The number of carbonyl (C=O) groups excluding carboxylic acids is 4. The van der Waals surface area contributed by atoms with Crippen LogP contribution >= 0.6 is 0 Å². The number of carbonyl (C=O) groups is 4. The molecular weight excluding hydrogens is 1110 g/mol. The van der Waals surface area contributed by atoms with Gasteiger partial charge in [0.1, 0.15) is 11.1 Å². The predicted molar refractivity (Wildman–Crippen MR) is 187 cm³/mol.